The molecule has 0 bridgehead atoms. The first-order chi connectivity index (χ1) is 6.07. The molecule has 0 rings (SSSR count). The Kier molecular flexibility index (Phi) is 6.37. The second kappa shape index (κ2) is 6.75. The first-order valence-corrected chi connectivity index (χ1v) is 4.96. The summed E-state index contributed by atoms with van der Waals surface area (Å²) in [5, 5.41) is 3.30. The fourth-order valence-corrected chi connectivity index (χ4v) is 1.15. The molecule has 3 heteroatoms. The number of aliphatic imine (C=N–C) groups is 1. The van der Waals surface area contributed by atoms with Gasteiger partial charge in [-0.3, -0.25) is 4.99 Å². The zero-order valence-electron chi connectivity index (χ0n) is 9.59. The number of rotatable bonds is 4. The Morgan fingerprint density at radius 1 is 1.38 bits per heavy atom. The van der Waals surface area contributed by atoms with E-state index in [2.05, 4.69) is 24.2 Å². The molecule has 0 heterocycles. The fourth-order valence-electron chi connectivity index (χ4n) is 1.15. The molecule has 0 saturated heterocycles. The molecule has 0 radical (unpaired) electrons. The fraction of sp³-hybridized carbons (Fsp3) is 0.900. The molecule has 0 aliphatic heterocycles. The third-order valence-corrected chi connectivity index (χ3v) is 1.88. The van der Waals surface area contributed by atoms with Crippen molar-refractivity contribution in [2.75, 3.05) is 27.7 Å². The molecular formula is C10H23N3. The van der Waals surface area contributed by atoms with Crippen LogP contribution in [0.2, 0.25) is 0 Å². The molecule has 0 aromatic carbocycles. The molecule has 0 unspecified atom stereocenters. The highest BCUT2D eigenvalue weighted by Gasteiger charge is 1.99. The summed E-state index contributed by atoms with van der Waals surface area (Å²) in [7, 11) is 5.81. The summed E-state index contributed by atoms with van der Waals surface area (Å²) in [5.74, 6) is 1.76. The van der Waals surface area contributed by atoms with E-state index in [-0.39, 0.29) is 0 Å². The van der Waals surface area contributed by atoms with Gasteiger partial charge in [-0.15, -0.1) is 0 Å². The van der Waals surface area contributed by atoms with Crippen LogP contribution in [-0.4, -0.2) is 38.5 Å². The molecule has 1 N–H and O–H groups in total. The van der Waals surface area contributed by atoms with Gasteiger partial charge >= 0.3 is 0 Å². The lowest BCUT2D eigenvalue weighted by atomic mass is 10.1. The van der Waals surface area contributed by atoms with Crippen molar-refractivity contribution in [2.45, 2.75) is 26.7 Å². The lowest BCUT2D eigenvalue weighted by molar-refractivity contribution is 0.532. The highest BCUT2D eigenvalue weighted by atomic mass is 15.3. The highest BCUT2D eigenvalue weighted by Crippen LogP contribution is 2.01. The van der Waals surface area contributed by atoms with Gasteiger partial charge in [0.15, 0.2) is 5.96 Å². The van der Waals surface area contributed by atoms with Crippen molar-refractivity contribution in [2.24, 2.45) is 10.9 Å². The molecule has 0 amide bonds. The Morgan fingerprint density at radius 3 is 2.38 bits per heavy atom. The van der Waals surface area contributed by atoms with Crippen LogP contribution >= 0.6 is 0 Å². The third-order valence-electron chi connectivity index (χ3n) is 1.88. The van der Waals surface area contributed by atoms with E-state index in [4.69, 9.17) is 0 Å². The Morgan fingerprint density at radius 2 is 2.00 bits per heavy atom. The van der Waals surface area contributed by atoms with Crippen molar-refractivity contribution in [1.82, 2.24) is 10.2 Å². The monoisotopic (exact) mass is 185 g/mol. The van der Waals surface area contributed by atoms with Gasteiger partial charge < -0.3 is 10.2 Å². The van der Waals surface area contributed by atoms with Crippen LogP contribution in [0.15, 0.2) is 4.99 Å². The number of hydrogen-bond donors (Lipinski definition) is 1. The molecule has 78 valence electrons. The van der Waals surface area contributed by atoms with Crippen LogP contribution in [0.3, 0.4) is 0 Å². The summed E-state index contributed by atoms with van der Waals surface area (Å²) in [4.78, 5) is 6.13. The number of guanidine groups is 1. The van der Waals surface area contributed by atoms with Crippen LogP contribution in [0.4, 0.5) is 0 Å². The minimum atomic E-state index is 0.795. The second-order valence-electron chi connectivity index (χ2n) is 3.90. The van der Waals surface area contributed by atoms with Crippen LogP contribution in [0.1, 0.15) is 26.7 Å². The topological polar surface area (TPSA) is 27.6 Å². The van der Waals surface area contributed by atoms with Gasteiger partial charge in [-0.25, -0.2) is 0 Å². The minimum absolute atomic E-state index is 0.795. The summed E-state index contributed by atoms with van der Waals surface area (Å²) >= 11 is 0. The average Bonchev–Trinajstić information content (AvgIpc) is 2.03. The number of nitrogens with one attached hydrogen (secondary N) is 1. The first kappa shape index (κ1) is 12.3. The molecule has 0 atom stereocenters. The normalized spacial score (nSPS) is 12.0. The van der Waals surface area contributed by atoms with Crippen LogP contribution < -0.4 is 5.32 Å². The first-order valence-electron chi connectivity index (χ1n) is 4.96. The van der Waals surface area contributed by atoms with Crippen molar-refractivity contribution in [1.29, 1.82) is 0 Å². The van der Waals surface area contributed by atoms with Gasteiger partial charge in [0.2, 0.25) is 0 Å². The van der Waals surface area contributed by atoms with Crippen molar-refractivity contribution >= 4 is 5.96 Å². The van der Waals surface area contributed by atoms with Crippen LogP contribution in [0.5, 0.6) is 0 Å². The maximum atomic E-state index is 4.14. The van der Waals surface area contributed by atoms with E-state index in [0.717, 1.165) is 18.4 Å². The van der Waals surface area contributed by atoms with Gasteiger partial charge in [-0.05, 0) is 18.8 Å². The highest BCUT2D eigenvalue weighted by molar-refractivity contribution is 5.79. The molecule has 13 heavy (non-hydrogen) atoms. The quantitative estimate of drug-likeness (QED) is 0.409. The molecule has 0 saturated carbocycles. The SMILES string of the molecule is C/N=C(/NCCCC(C)C)N(C)C. The van der Waals surface area contributed by atoms with Crippen molar-refractivity contribution in [3.05, 3.63) is 0 Å². The van der Waals surface area contributed by atoms with E-state index in [1.165, 1.54) is 12.8 Å². The van der Waals surface area contributed by atoms with Crippen molar-refractivity contribution in [3.8, 4) is 0 Å². The van der Waals surface area contributed by atoms with Gasteiger partial charge in [0, 0.05) is 27.7 Å². The van der Waals surface area contributed by atoms with Gasteiger partial charge in [-0.2, -0.15) is 0 Å². The Bertz CT molecular complexity index is 150. The maximum absolute atomic E-state index is 4.14. The molecular weight excluding hydrogens is 162 g/mol. The van der Waals surface area contributed by atoms with E-state index in [0.29, 0.717) is 0 Å². The molecule has 3 nitrogen and oxygen atoms in total. The summed E-state index contributed by atoms with van der Waals surface area (Å²) in [5.41, 5.74) is 0. The van der Waals surface area contributed by atoms with Gasteiger partial charge in [0.1, 0.15) is 0 Å². The zero-order chi connectivity index (χ0) is 10.3. The molecule has 0 aliphatic carbocycles. The van der Waals surface area contributed by atoms with E-state index in [1.54, 1.807) is 0 Å². The summed E-state index contributed by atoms with van der Waals surface area (Å²) < 4.78 is 0. The van der Waals surface area contributed by atoms with Gasteiger partial charge in [0.05, 0.1) is 0 Å². The van der Waals surface area contributed by atoms with Gasteiger partial charge in [0.25, 0.3) is 0 Å². The Balaban J connectivity index is 3.51. The summed E-state index contributed by atoms with van der Waals surface area (Å²) in [6.45, 7) is 5.52. The minimum Gasteiger partial charge on any atom is -0.356 e. The summed E-state index contributed by atoms with van der Waals surface area (Å²) in [6.07, 6.45) is 2.49. The van der Waals surface area contributed by atoms with Crippen molar-refractivity contribution < 1.29 is 0 Å². The lowest BCUT2D eigenvalue weighted by Gasteiger charge is -2.16. The molecule has 0 fully saturated rings. The molecule has 0 spiro atoms. The Hall–Kier alpha value is -0.730. The predicted octanol–water partition coefficient (Wildman–Crippen LogP) is 1.56. The smallest absolute Gasteiger partial charge is 0.193 e. The Labute approximate surface area is 82.2 Å². The molecule has 0 aromatic rings. The van der Waals surface area contributed by atoms with E-state index in [1.807, 2.05) is 26.0 Å². The lowest BCUT2D eigenvalue weighted by Crippen LogP contribution is -2.36. The predicted molar refractivity (Wildman–Crippen MR) is 59.1 cm³/mol. The molecule has 0 aliphatic rings. The standard InChI is InChI=1S/C10H23N3/c1-9(2)7-6-8-12-10(11-3)13(4)5/h9H,6-8H2,1-5H3,(H,11,12). The number of nitrogens with zero attached hydrogens (tertiary/aromatic N) is 2. The zero-order valence-corrected chi connectivity index (χ0v) is 9.59. The van der Waals surface area contributed by atoms with Crippen LogP contribution in [0.25, 0.3) is 0 Å². The van der Waals surface area contributed by atoms with E-state index in [9.17, 15) is 0 Å². The van der Waals surface area contributed by atoms with Crippen LogP contribution in [0, 0.1) is 5.92 Å². The average molecular weight is 185 g/mol. The summed E-state index contributed by atoms with van der Waals surface area (Å²) in [6, 6.07) is 0. The largest absolute Gasteiger partial charge is 0.356 e. The van der Waals surface area contributed by atoms with Gasteiger partial charge in [-0.1, -0.05) is 13.8 Å². The van der Waals surface area contributed by atoms with Crippen molar-refractivity contribution in [3.63, 3.8) is 0 Å². The van der Waals surface area contributed by atoms with E-state index < -0.39 is 0 Å². The van der Waals surface area contributed by atoms with Crippen LogP contribution in [-0.2, 0) is 0 Å². The molecule has 0 aromatic heterocycles. The third kappa shape index (κ3) is 6.43. The second-order valence-corrected chi connectivity index (χ2v) is 3.90. The number of hydrogen-bond acceptors (Lipinski definition) is 1. The van der Waals surface area contributed by atoms with E-state index >= 15 is 0 Å². The maximum Gasteiger partial charge on any atom is 0.193 e.